The highest BCUT2D eigenvalue weighted by Crippen LogP contribution is 2.33. The molecule has 0 bridgehead atoms. The number of sulfone groups is 1. The van der Waals surface area contributed by atoms with Gasteiger partial charge < -0.3 is 4.90 Å². The van der Waals surface area contributed by atoms with Crippen molar-refractivity contribution in [2.24, 2.45) is 0 Å². The molecule has 2 heterocycles. The zero-order valence-electron chi connectivity index (χ0n) is 14.6. The molecule has 3 rings (SSSR count). The van der Waals surface area contributed by atoms with Gasteiger partial charge in [0.2, 0.25) is 5.91 Å². The third kappa shape index (κ3) is 3.97. The summed E-state index contributed by atoms with van der Waals surface area (Å²) in [5, 5.41) is 0.244. The summed E-state index contributed by atoms with van der Waals surface area (Å²) < 4.78 is 23.2. The molecule has 0 N–H and O–H groups in total. The minimum atomic E-state index is -3.38. The van der Waals surface area contributed by atoms with Crippen molar-refractivity contribution in [3.05, 3.63) is 33.3 Å². The van der Waals surface area contributed by atoms with Gasteiger partial charge in [0.15, 0.2) is 0 Å². The number of nitrogens with zero attached hydrogens (tertiary/aromatic N) is 2. The molecule has 2 aliphatic heterocycles. The van der Waals surface area contributed by atoms with E-state index < -0.39 is 33.6 Å². The summed E-state index contributed by atoms with van der Waals surface area (Å²) in [6, 6.07) is 1.42. The van der Waals surface area contributed by atoms with Crippen molar-refractivity contribution in [2.45, 2.75) is 25.3 Å². The predicted molar refractivity (Wildman–Crippen MR) is 101 cm³/mol. The Morgan fingerprint density at radius 1 is 1.07 bits per heavy atom. The molecule has 1 atom stereocenters. The lowest BCUT2D eigenvalue weighted by Gasteiger charge is -2.29. The summed E-state index contributed by atoms with van der Waals surface area (Å²) in [5.41, 5.74) is 0.126. The van der Waals surface area contributed by atoms with Crippen molar-refractivity contribution in [1.29, 1.82) is 0 Å². The Morgan fingerprint density at radius 3 is 2.00 bits per heavy atom. The van der Waals surface area contributed by atoms with Crippen LogP contribution in [0.25, 0.3) is 0 Å². The second-order valence-electron chi connectivity index (χ2n) is 6.76. The van der Waals surface area contributed by atoms with Gasteiger partial charge in [-0.3, -0.25) is 19.3 Å². The first-order valence-electron chi connectivity index (χ1n) is 8.43. The Morgan fingerprint density at radius 2 is 1.56 bits per heavy atom. The summed E-state index contributed by atoms with van der Waals surface area (Å²) in [7, 11) is -3.38. The van der Waals surface area contributed by atoms with Crippen LogP contribution in [0.3, 0.4) is 0 Å². The van der Waals surface area contributed by atoms with E-state index in [-0.39, 0.29) is 33.3 Å². The van der Waals surface area contributed by atoms with Crippen LogP contribution < -0.4 is 0 Å². The number of halogens is 2. The topological polar surface area (TPSA) is 91.8 Å². The van der Waals surface area contributed by atoms with E-state index in [9.17, 15) is 22.8 Å². The number of rotatable bonds is 5. The van der Waals surface area contributed by atoms with Gasteiger partial charge in [0.05, 0.1) is 26.9 Å². The molecule has 2 aliphatic rings. The maximum atomic E-state index is 13.0. The second-order valence-corrected chi connectivity index (χ2v) is 9.83. The fourth-order valence-electron chi connectivity index (χ4n) is 3.37. The number of hydrogen-bond acceptors (Lipinski definition) is 5. The van der Waals surface area contributed by atoms with Crippen molar-refractivity contribution >= 4 is 50.8 Å². The van der Waals surface area contributed by atoms with Crippen molar-refractivity contribution in [3.63, 3.8) is 0 Å². The predicted octanol–water partition coefficient (Wildman–Crippen LogP) is 2.02. The molecule has 0 saturated carbocycles. The molecule has 146 valence electrons. The third-order valence-electron chi connectivity index (χ3n) is 4.74. The van der Waals surface area contributed by atoms with Gasteiger partial charge >= 0.3 is 0 Å². The van der Waals surface area contributed by atoms with Gasteiger partial charge in [-0.25, -0.2) is 8.42 Å². The van der Waals surface area contributed by atoms with Crippen molar-refractivity contribution in [2.75, 3.05) is 25.1 Å². The molecule has 0 unspecified atom stereocenters. The van der Waals surface area contributed by atoms with E-state index >= 15 is 0 Å². The van der Waals surface area contributed by atoms with Crippen LogP contribution in [0.15, 0.2) is 12.1 Å². The molecule has 7 nitrogen and oxygen atoms in total. The standard InChI is InChI=1S/C17H18Cl2N2O5S/c1-27(25,26)7-4-14(17(24)20-5-2-3-6-20)21-15(22)10-8-12(18)13(19)9-11(10)16(21)23/h8-9,14H,2-7H2,1H3/t14-/m1/s1. The fraction of sp³-hybridized carbons (Fsp3) is 0.471. The van der Waals surface area contributed by atoms with E-state index in [0.717, 1.165) is 24.0 Å². The lowest BCUT2D eigenvalue weighted by Crippen LogP contribution is -2.51. The molecule has 1 fully saturated rings. The molecule has 1 aromatic rings. The number of fused-ring (bicyclic) bond motifs is 1. The number of hydrogen-bond donors (Lipinski definition) is 0. The molecule has 1 aromatic carbocycles. The van der Waals surface area contributed by atoms with E-state index in [4.69, 9.17) is 23.2 Å². The molecule has 0 radical (unpaired) electrons. The Bertz CT molecular complexity index is 884. The minimum absolute atomic E-state index is 0.0629. The van der Waals surface area contributed by atoms with Crippen molar-refractivity contribution in [3.8, 4) is 0 Å². The van der Waals surface area contributed by atoms with Gasteiger partial charge in [0.25, 0.3) is 11.8 Å². The van der Waals surface area contributed by atoms with Gasteiger partial charge in [-0.2, -0.15) is 0 Å². The Labute approximate surface area is 167 Å². The molecule has 0 aliphatic carbocycles. The second kappa shape index (κ2) is 7.41. The normalized spacial score (nSPS) is 18.2. The first kappa shape index (κ1) is 20.1. The van der Waals surface area contributed by atoms with Gasteiger partial charge in [-0.15, -0.1) is 0 Å². The minimum Gasteiger partial charge on any atom is -0.341 e. The highest BCUT2D eigenvalue weighted by Gasteiger charge is 2.44. The van der Waals surface area contributed by atoms with Crippen LogP contribution in [-0.2, 0) is 14.6 Å². The molecule has 0 aromatic heterocycles. The average molecular weight is 433 g/mol. The SMILES string of the molecule is CS(=O)(=O)CC[C@H](C(=O)N1CCCC1)N1C(=O)c2cc(Cl)c(Cl)cc2C1=O. The van der Waals surface area contributed by atoms with Gasteiger partial charge in [0.1, 0.15) is 15.9 Å². The maximum Gasteiger partial charge on any atom is 0.262 e. The van der Waals surface area contributed by atoms with Crippen LogP contribution in [-0.4, -0.2) is 67.1 Å². The zero-order valence-corrected chi connectivity index (χ0v) is 16.9. The van der Waals surface area contributed by atoms with Gasteiger partial charge in [0, 0.05) is 19.3 Å². The third-order valence-corrected chi connectivity index (χ3v) is 6.43. The number of carbonyl (C=O) groups is 3. The first-order valence-corrected chi connectivity index (χ1v) is 11.3. The van der Waals surface area contributed by atoms with Crippen LogP contribution in [0, 0.1) is 0 Å². The first-order chi connectivity index (χ1) is 12.6. The highest BCUT2D eigenvalue weighted by atomic mass is 35.5. The number of carbonyl (C=O) groups excluding carboxylic acids is 3. The van der Waals surface area contributed by atoms with Crippen molar-refractivity contribution < 1.29 is 22.8 Å². The lowest BCUT2D eigenvalue weighted by atomic mass is 10.1. The Hall–Kier alpha value is -1.64. The Kier molecular flexibility index (Phi) is 5.52. The fourth-order valence-corrected chi connectivity index (χ4v) is 4.35. The summed E-state index contributed by atoms with van der Waals surface area (Å²) >= 11 is 11.9. The summed E-state index contributed by atoms with van der Waals surface area (Å²) in [6.45, 7) is 1.05. The zero-order chi connectivity index (χ0) is 19.9. The number of amides is 3. The smallest absolute Gasteiger partial charge is 0.262 e. The van der Waals surface area contributed by atoms with E-state index in [1.54, 1.807) is 4.90 Å². The summed E-state index contributed by atoms with van der Waals surface area (Å²) in [5.74, 6) is -2.06. The maximum absolute atomic E-state index is 13.0. The number of likely N-dealkylation sites (tertiary alicyclic amines) is 1. The average Bonchev–Trinajstić information content (AvgIpc) is 3.19. The van der Waals surface area contributed by atoms with Gasteiger partial charge in [-0.1, -0.05) is 23.2 Å². The van der Waals surface area contributed by atoms with E-state index in [1.165, 1.54) is 12.1 Å². The van der Waals surface area contributed by atoms with E-state index in [1.807, 2.05) is 0 Å². The highest BCUT2D eigenvalue weighted by molar-refractivity contribution is 7.90. The molecule has 3 amide bonds. The quantitative estimate of drug-likeness (QED) is 0.663. The monoisotopic (exact) mass is 432 g/mol. The number of benzene rings is 1. The Balaban J connectivity index is 1.97. The van der Waals surface area contributed by atoms with E-state index in [0.29, 0.717) is 13.1 Å². The lowest BCUT2D eigenvalue weighted by molar-refractivity contribution is -0.134. The van der Waals surface area contributed by atoms with Crippen LogP contribution in [0.1, 0.15) is 40.0 Å². The molecular formula is C17H18Cl2N2O5S. The van der Waals surface area contributed by atoms with E-state index in [2.05, 4.69) is 0 Å². The van der Waals surface area contributed by atoms with Crippen LogP contribution in [0.4, 0.5) is 0 Å². The molecule has 27 heavy (non-hydrogen) atoms. The van der Waals surface area contributed by atoms with Gasteiger partial charge in [-0.05, 0) is 31.4 Å². The molecule has 0 spiro atoms. The van der Waals surface area contributed by atoms with Crippen LogP contribution >= 0.6 is 23.2 Å². The van der Waals surface area contributed by atoms with Crippen LogP contribution in [0.5, 0.6) is 0 Å². The van der Waals surface area contributed by atoms with Crippen molar-refractivity contribution in [1.82, 2.24) is 9.80 Å². The summed E-state index contributed by atoms with van der Waals surface area (Å²) in [6.07, 6.45) is 2.56. The molecule has 10 heteroatoms. The summed E-state index contributed by atoms with van der Waals surface area (Å²) in [4.78, 5) is 41.1. The molecular weight excluding hydrogens is 415 g/mol. The molecule has 1 saturated heterocycles. The van der Waals surface area contributed by atoms with Crippen LogP contribution in [0.2, 0.25) is 10.0 Å². The number of imide groups is 1. The largest absolute Gasteiger partial charge is 0.341 e.